The molecule has 8 rings (SSSR count). The molecule has 230 valence electrons. The molecule has 2 aromatic heterocycles. The zero-order valence-corrected chi connectivity index (χ0v) is 26.8. The van der Waals surface area contributed by atoms with E-state index in [9.17, 15) is 4.79 Å². The number of aromatic nitrogens is 2. The molecule has 6 aromatic carbocycles. The number of hydrogen-bond acceptors (Lipinski definition) is 1. The van der Waals surface area contributed by atoms with Gasteiger partial charge in [-0.3, -0.25) is 4.79 Å². The highest BCUT2D eigenvalue weighted by atomic mass is 16.1. The zero-order chi connectivity index (χ0) is 31.7. The lowest BCUT2D eigenvalue weighted by Gasteiger charge is -2.11. The summed E-state index contributed by atoms with van der Waals surface area (Å²) in [5.41, 5.74) is 10.1. The Morgan fingerprint density at radius 3 is 1.43 bits per heavy atom. The summed E-state index contributed by atoms with van der Waals surface area (Å²) in [6, 6.07) is 49.7. The lowest BCUT2D eigenvalue weighted by atomic mass is 10.0. The van der Waals surface area contributed by atoms with Gasteiger partial charge in [0, 0.05) is 44.9 Å². The molecule has 0 aliphatic carbocycles. The average molecular weight is 611 g/mol. The minimum absolute atomic E-state index is 0.244. The highest BCUT2D eigenvalue weighted by Crippen LogP contribution is 2.35. The Morgan fingerprint density at radius 2 is 0.915 bits per heavy atom. The van der Waals surface area contributed by atoms with Crippen LogP contribution in [0.1, 0.15) is 55.8 Å². The number of carbonyl (C=O) groups is 1. The van der Waals surface area contributed by atoms with Gasteiger partial charge in [0.05, 0.1) is 22.1 Å². The standard InChI is InChI=1S/C44H38N2O/c1-2-3-4-5-6-19-44(47)33-24-29-43-39(30-33)38-15-9-12-18-42(38)46(43)35-27-22-32(23-28-35)31-20-25-34(26-21-31)45-40-16-10-7-13-36(40)37-14-8-11-17-41(37)45/h7-18,20-30H,2-6,19H2,1H3. The van der Waals surface area contributed by atoms with E-state index >= 15 is 0 Å². The van der Waals surface area contributed by atoms with Gasteiger partial charge in [0.25, 0.3) is 0 Å². The predicted molar refractivity (Wildman–Crippen MR) is 198 cm³/mol. The number of hydrogen-bond donors (Lipinski definition) is 0. The number of unbranched alkanes of at least 4 members (excludes halogenated alkanes) is 4. The highest BCUT2D eigenvalue weighted by molar-refractivity contribution is 6.12. The number of rotatable bonds is 10. The third kappa shape index (κ3) is 5.22. The summed E-state index contributed by atoms with van der Waals surface area (Å²) in [7, 11) is 0. The van der Waals surface area contributed by atoms with Crippen molar-refractivity contribution in [2.45, 2.75) is 45.4 Å². The molecule has 0 amide bonds. The van der Waals surface area contributed by atoms with Crippen molar-refractivity contribution < 1.29 is 4.79 Å². The maximum absolute atomic E-state index is 13.1. The van der Waals surface area contributed by atoms with Crippen molar-refractivity contribution in [2.24, 2.45) is 0 Å². The molecular weight excluding hydrogens is 572 g/mol. The van der Waals surface area contributed by atoms with Gasteiger partial charge in [-0.2, -0.15) is 0 Å². The molecule has 0 saturated carbocycles. The van der Waals surface area contributed by atoms with Crippen LogP contribution < -0.4 is 0 Å². The van der Waals surface area contributed by atoms with E-state index in [4.69, 9.17) is 0 Å². The molecule has 0 N–H and O–H groups in total. The number of nitrogens with zero attached hydrogens (tertiary/aromatic N) is 2. The maximum Gasteiger partial charge on any atom is 0.162 e. The molecular formula is C44H38N2O. The summed E-state index contributed by atoms with van der Waals surface area (Å²) < 4.78 is 4.67. The summed E-state index contributed by atoms with van der Waals surface area (Å²) in [6.07, 6.45) is 6.39. The quantitative estimate of drug-likeness (QED) is 0.112. The van der Waals surface area contributed by atoms with E-state index in [-0.39, 0.29) is 5.78 Å². The molecule has 8 aromatic rings. The Bertz CT molecular complexity index is 2320. The van der Waals surface area contributed by atoms with Gasteiger partial charge in [0.1, 0.15) is 0 Å². The molecule has 0 atom stereocenters. The van der Waals surface area contributed by atoms with Crippen LogP contribution in [-0.2, 0) is 0 Å². The number of ketones is 1. The monoisotopic (exact) mass is 610 g/mol. The Labute approximate surface area is 275 Å². The van der Waals surface area contributed by atoms with Crippen LogP contribution in [0.4, 0.5) is 0 Å². The van der Waals surface area contributed by atoms with Crippen LogP contribution in [0.5, 0.6) is 0 Å². The molecule has 0 spiro atoms. The third-order valence-corrected chi connectivity index (χ3v) is 9.67. The average Bonchev–Trinajstić information content (AvgIpc) is 3.64. The molecule has 3 nitrogen and oxygen atoms in total. The van der Waals surface area contributed by atoms with Crippen molar-refractivity contribution >= 4 is 49.4 Å². The SMILES string of the molecule is CCCCCCCC(=O)c1ccc2c(c1)c1ccccc1n2-c1ccc(-c2ccc(-n3c4ccccc4c4ccccc43)cc2)cc1. The molecule has 0 aliphatic rings. The topological polar surface area (TPSA) is 26.9 Å². The van der Waals surface area contributed by atoms with Gasteiger partial charge in [-0.25, -0.2) is 0 Å². The van der Waals surface area contributed by atoms with E-state index in [1.54, 1.807) is 0 Å². The lowest BCUT2D eigenvalue weighted by molar-refractivity contribution is 0.0979. The summed E-state index contributed by atoms with van der Waals surface area (Å²) in [6.45, 7) is 2.22. The van der Waals surface area contributed by atoms with E-state index < -0.39 is 0 Å². The number of benzene rings is 6. The van der Waals surface area contributed by atoms with Gasteiger partial charge in [-0.05, 0) is 78.2 Å². The van der Waals surface area contributed by atoms with Crippen LogP contribution in [0, 0.1) is 0 Å². The summed E-state index contributed by atoms with van der Waals surface area (Å²) in [4.78, 5) is 13.1. The third-order valence-electron chi connectivity index (χ3n) is 9.67. The van der Waals surface area contributed by atoms with Gasteiger partial charge >= 0.3 is 0 Å². The Kier molecular flexibility index (Phi) is 7.67. The molecule has 0 fully saturated rings. The molecule has 0 radical (unpaired) electrons. The van der Waals surface area contributed by atoms with Crippen LogP contribution >= 0.6 is 0 Å². The fourth-order valence-electron chi connectivity index (χ4n) is 7.26. The molecule has 2 heterocycles. The first-order valence-corrected chi connectivity index (χ1v) is 17.0. The van der Waals surface area contributed by atoms with Crippen molar-refractivity contribution in [3.05, 3.63) is 145 Å². The van der Waals surface area contributed by atoms with E-state index in [0.717, 1.165) is 46.2 Å². The first kappa shape index (κ1) is 29.0. The second-order valence-corrected chi connectivity index (χ2v) is 12.6. The normalized spacial score (nSPS) is 11.7. The maximum atomic E-state index is 13.1. The van der Waals surface area contributed by atoms with Crippen LogP contribution in [0.25, 0.3) is 66.1 Å². The molecule has 47 heavy (non-hydrogen) atoms. The summed E-state index contributed by atoms with van der Waals surface area (Å²) in [5, 5.41) is 4.84. The van der Waals surface area contributed by atoms with Crippen molar-refractivity contribution in [1.82, 2.24) is 9.13 Å². The Balaban J connectivity index is 1.10. The molecule has 0 aliphatic heterocycles. The number of fused-ring (bicyclic) bond motifs is 6. The summed E-state index contributed by atoms with van der Waals surface area (Å²) >= 11 is 0. The second kappa shape index (κ2) is 12.4. The first-order chi connectivity index (χ1) is 23.2. The molecule has 0 saturated heterocycles. The molecule has 0 unspecified atom stereocenters. The number of para-hydroxylation sites is 3. The van der Waals surface area contributed by atoms with Gasteiger partial charge in [-0.1, -0.05) is 111 Å². The van der Waals surface area contributed by atoms with E-state index in [2.05, 4.69) is 150 Å². The van der Waals surface area contributed by atoms with E-state index in [0.29, 0.717) is 6.42 Å². The van der Waals surface area contributed by atoms with Crippen molar-refractivity contribution in [1.29, 1.82) is 0 Å². The number of carbonyl (C=O) groups excluding carboxylic acids is 1. The smallest absolute Gasteiger partial charge is 0.162 e. The minimum Gasteiger partial charge on any atom is -0.309 e. The summed E-state index contributed by atoms with van der Waals surface area (Å²) in [5.74, 6) is 0.244. The van der Waals surface area contributed by atoms with E-state index in [1.807, 2.05) is 6.07 Å². The predicted octanol–water partition coefficient (Wildman–Crippen LogP) is 12.1. The van der Waals surface area contributed by atoms with Crippen LogP contribution in [-0.4, -0.2) is 14.9 Å². The van der Waals surface area contributed by atoms with Crippen LogP contribution in [0.15, 0.2) is 140 Å². The van der Waals surface area contributed by atoms with E-state index in [1.165, 1.54) is 57.6 Å². The van der Waals surface area contributed by atoms with Crippen molar-refractivity contribution in [2.75, 3.05) is 0 Å². The largest absolute Gasteiger partial charge is 0.309 e. The lowest BCUT2D eigenvalue weighted by Crippen LogP contribution is -1.99. The fourth-order valence-corrected chi connectivity index (χ4v) is 7.26. The van der Waals surface area contributed by atoms with Gasteiger partial charge in [0.15, 0.2) is 5.78 Å². The highest BCUT2D eigenvalue weighted by Gasteiger charge is 2.16. The van der Waals surface area contributed by atoms with Gasteiger partial charge < -0.3 is 9.13 Å². The number of Topliss-reactive ketones (excluding diaryl/α,β-unsaturated/α-hetero) is 1. The van der Waals surface area contributed by atoms with Crippen molar-refractivity contribution in [3.63, 3.8) is 0 Å². The van der Waals surface area contributed by atoms with Crippen LogP contribution in [0.2, 0.25) is 0 Å². The van der Waals surface area contributed by atoms with Gasteiger partial charge in [0.2, 0.25) is 0 Å². The molecule has 0 bridgehead atoms. The Morgan fingerprint density at radius 1 is 0.468 bits per heavy atom. The zero-order valence-electron chi connectivity index (χ0n) is 26.8. The second-order valence-electron chi connectivity index (χ2n) is 12.6. The fraction of sp³-hybridized carbons (Fsp3) is 0.159. The van der Waals surface area contributed by atoms with Crippen molar-refractivity contribution in [3.8, 4) is 22.5 Å². The van der Waals surface area contributed by atoms with Crippen LogP contribution in [0.3, 0.4) is 0 Å². The van der Waals surface area contributed by atoms with Gasteiger partial charge in [-0.15, -0.1) is 0 Å². The minimum atomic E-state index is 0.244. The first-order valence-electron chi connectivity index (χ1n) is 17.0. The Hall–Kier alpha value is -5.41. The molecule has 3 heteroatoms.